The van der Waals surface area contributed by atoms with E-state index in [2.05, 4.69) is 27.4 Å². The van der Waals surface area contributed by atoms with E-state index < -0.39 is 0 Å². The van der Waals surface area contributed by atoms with Gasteiger partial charge >= 0.3 is 6.03 Å². The first-order chi connectivity index (χ1) is 20.8. The van der Waals surface area contributed by atoms with Crippen LogP contribution in [0.1, 0.15) is 25.0 Å². The van der Waals surface area contributed by atoms with Gasteiger partial charge in [0.1, 0.15) is 11.9 Å². The molecule has 43 heavy (non-hydrogen) atoms. The third-order valence-electron chi connectivity index (χ3n) is 7.91. The Hall–Kier alpha value is -4.47. The number of nitrogens with one attached hydrogen (secondary N) is 2. The van der Waals surface area contributed by atoms with Crippen molar-refractivity contribution in [2.24, 2.45) is 5.92 Å². The maximum atomic E-state index is 13.5. The van der Waals surface area contributed by atoms with Gasteiger partial charge in [-0.3, -0.25) is 14.7 Å². The fraction of sp³-hybridized carbons (Fsp3) is 0.324. The number of likely N-dealkylation sites (N-methyl/N-ethyl adjacent to an activating group) is 1. The molecule has 3 amide bonds. The molecule has 9 nitrogen and oxygen atoms in total. The average Bonchev–Trinajstić information content (AvgIpc) is 3.04. The number of aliphatic hydroxyl groups is 1. The van der Waals surface area contributed by atoms with Gasteiger partial charge in [0.25, 0.3) is 0 Å². The van der Waals surface area contributed by atoms with E-state index in [0.717, 1.165) is 22.9 Å². The van der Waals surface area contributed by atoms with Crippen molar-refractivity contribution >= 4 is 34.1 Å². The second-order valence-electron chi connectivity index (χ2n) is 11.4. The molecular formula is C34H39N5O4. The Bertz CT molecular complexity index is 1560. The van der Waals surface area contributed by atoms with Crippen molar-refractivity contribution in [2.45, 2.75) is 39.0 Å². The Morgan fingerprint density at radius 3 is 2.65 bits per heavy atom. The van der Waals surface area contributed by atoms with Gasteiger partial charge in [0.05, 0.1) is 24.8 Å². The highest BCUT2D eigenvalue weighted by Crippen LogP contribution is 2.30. The number of nitrogens with zero attached hydrogens (tertiary/aromatic N) is 3. The second kappa shape index (κ2) is 13.7. The fourth-order valence-corrected chi connectivity index (χ4v) is 5.52. The van der Waals surface area contributed by atoms with Gasteiger partial charge in [0.15, 0.2) is 0 Å². The van der Waals surface area contributed by atoms with Crippen LogP contribution in [0.2, 0.25) is 0 Å². The Kier molecular flexibility index (Phi) is 9.54. The molecule has 0 saturated heterocycles. The Balaban J connectivity index is 1.37. The third kappa shape index (κ3) is 7.49. The van der Waals surface area contributed by atoms with E-state index in [1.807, 2.05) is 74.6 Å². The van der Waals surface area contributed by atoms with Gasteiger partial charge in [-0.2, -0.15) is 0 Å². The van der Waals surface area contributed by atoms with Gasteiger partial charge in [-0.25, -0.2) is 4.79 Å². The molecule has 0 aliphatic carbocycles. The zero-order valence-corrected chi connectivity index (χ0v) is 24.9. The first-order valence-corrected chi connectivity index (χ1v) is 14.6. The number of benzene rings is 3. The molecule has 2 heterocycles. The van der Waals surface area contributed by atoms with Crippen molar-refractivity contribution in [3.8, 4) is 5.75 Å². The molecule has 0 spiro atoms. The maximum absolute atomic E-state index is 13.5. The van der Waals surface area contributed by atoms with Crippen molar-refractivity contribution in [1.29, 1.82) is 0 Å². The van der Waals surface area contributed by atoms with E-state index in [1.165, 1.54) is 0 Å². The minimum Gasteiger partial charge on any atom is -0.488 e. The van der Waals surface area contributed by atoms with Gasteiger partial charge in [-0.05, 0) is 61.3 Å². The van der Waals surface area contributed by atoms with Crippen LogP contribution in [-0.2, 0) is 17.8 Å². The molecule has 5 rings (SSSR count). The Morgan fingerprint density at radius 1 is 1.09 bits per heavy atom. The lowest BCUT2D eigenvalue weighted by atomic mass is 10.0. The number of hydrogen-bond acceptors (Lipinski definition) is 6. The monoisotopic (exact) mass is 581 g/mol. The normalized spacial score (nSPS) is 17.8. The van der Waals surface area contributed by atoms with Gasteiger partial charge in [0.2, 0.25) is 5.91 Å². The van der Waals surface area contributed by atoms with Crippen LogP contribution >= 0.6 is 0 Å². The summed E-state index contributed by atoms with van der Waals surface area (Å²) < 4.78 is 6.63. The van der Waals surface area contributed by atoms with Gasteiger partial charge in [0, 0.05) is 54.6 Å². The first-order valence-electron chi connectivity index (χ1n) is 14.6. The van der Waals surface area contributed by atoms with E-state index in [9.17, 15) is 14.7 Å². The van der Waals surface area contributed by atoms with Crippen LogP contribution in [0.5, 0.6) is 5.75 Å². The van der Waals surface area contributed by atoms with E-state index in [1.54, 1.807) is 29.4 Å². The number of carbonyl (C=O) groups excluding carboxylic acids is 2. The van der Waals surface area contributed by atoms with Crippen LogP contribution in [-0.4, -0.2) is 70.7 Å². The molecule has 0 saturated carbocycles. The molecule has 1 aliphatic rings. The number of amides is 3. The molecule has 0 bridgehead atoms. The minimum atomic E-state index is -0.383. The highest BCUT2D eigenvalue weighted by molar-refractivity contribution is 6.06. The molecule has 1 aromatic heterocycles. The van der Waals surface area contributed by atoms with Crippen molar-refractivity contribution in [1.82, 2.24) is 14.8 Å². The number of carbonyl (C=O) groups is 2. The number of aliphatic hydroxyl groups excluding tert-OH is 1. The number of fused-ring (bicyclic) bond motifs is 2. The molecule has 1 aliphatic heterocycles. The van der Waals surface area contributed by atoms with Crippen LogP contribution in [0.3, 0.4) is 0 Å². The summed E-state index contributed by atoms with van der Waals surface area (Å²) in [5.41, 5.74) is 3.09. The fourth-order valence-electron chi connectivity index (χ4n) is 5.52. The number of aromatic nitrogens is 1. The van der Waals surface area contributed by atoms with Crippen molar-refractivity contribution in [3.05, 3.63) is 96.3 Å². The number of anilines is 2. The lowest BCUT2D eigenvalue weighted by Crippen LogP contribution is -2.47. The highest BCUT2D eigenvalue weighted by atomic mass is 16.5. The lowest BCUT2D eigenvalue weighted by molar-refractivity contribution is -0.134. The zero-order chi connectivity index (χ0) is 30.3. The van der Waals surface area contributed by atoms with Crippen LogP contribution in [0.4, 0.5) is 16.2 Å². The number of rotatable bonds is 8. The van der Waals surface area contributed by atoms with E-state index in [0.29, 0.717) is 35.8 Å². The number of urea groups is 1. The molecule has 3 aromatic carbocycles. The average molecular weight is 582 g/mol. The lowest BCUT2D eigenvalue weighted by Gasteiger charge is -2.34. The largest absolute Gasteiger partial charge is 0.488 e. The van der Waals surface area contributed by atoms with Gasteiger partial charge in [-0.15, -0.1) is 0 Å². The highest BCUT2D eigenvalue weighted by Gasteiger charge is 2.31. The number of pyridine rings is 1. The minimum absolute atomic E-state index is 0.00642. The summed E-state index contributed by atoms with van der Waals surface area (Å²) in [7, 11) is 2.05. The summed E-state index contributed by atoms with van der Waals surface area (Å²) in [6, 6.07) is 22.3. The summed E-state index contributed by atoms with van der Waals surface area (Å²) in [6.45, 7) is 5.62. The summed E-state index contributed by atoms with van der Waals surface area (Å²) >= 11 is 0. The van der Waals surface area contributed by atoms with E-state index >= 15 is 0 Å². The smallest absolute Gasteiger partial charge is 0.323 e. The molecular weight excluding hydrogens is 542 g/mol. The van der Waals surface area contributed by atoms with Crippen LogP contribution in [0.25, 0.3) is 10.8 Å². The van der Waals surface area contributed by atoms with Gasteiger partial charge < -0.3 is 25.4 Å². The predicted octanol–water partition coefficient (Wildman–Crippen LogP) is 5.16. The summed E-state index contributed by atoms with van der Waals surface area (Å²) in [6.07, 6.45) is 3.43. The Morgan fingerprint density at radius 2 is 1.86 bits per heavy atom. The molecule has 0 radical (unpaired) electrons. The quantitative estimate of drug-likeness (QED) is 0.265. The Labute approximate surface area is 252 Å². The number of hydrogen-bond donors (Lipinski definition) is 3. The SMILES string of the molecule is C[C@@H]1CN([C@H](C)CO)C(=O)Cc2cc(NC(=O)Nc3cccc4ccccc34)ccc2O[C@@H]1CN(C)Cc1ccncc1. The first kappa shape index (κ1) is 30.0. The summed E-state index contributed by atoms with van der Waals surface area (Å²) in [4.78, 5) is 34.6. The van der Waals surface area contributed by atoms with E-state index in [4.69, 9.17) is 4.74 Å². The predicted molar refractivity (Wildman–Crippen MR) is 169 cm³/mol. The third-order valence-corrected chi connectivity index (χ3v) is 7.91. The zero-order valence-electron chi connectivity index (χ0n) is 24.9. The van der Waals surface area contributed by atoms with Crippen LogP contribution in [0, 0.1) is 5.92 Å². The maximum Gasteiger partial charge on any atom is 0.323 e. The molecule has 0 fully saturated rings. The molecule has 3 atom stereocenters. The van der Waals surface area contributed by atoms with E-state index in [-0.39, 0.29) is 43.0 Å². The standard InChI is InChI=1S/C34H39N5O4/c1-23-19-39(24(2)22-40)33(41)18-27-17-28(36-34(42)37-30-10-6-8-26-7-4-5-9-29(26)30)11-12-31(27)43-32(23)21-38(3)20-25-13-15-35-16-14-25/h4-17,23-24,32,40H,18-22H2,1-3H3,(H2,36,37,42)/t23-,24-,32-/m1/s1. The summed E-state index contributed by atoms with van der Waals surface area (Å²) in [5.74, 6) is 0.510. The van der Waals surface area contributed by atoms with Crippen molar-refractivity contribution in [3.63, 3.8) is 0 Å². The molecule has 4 aromatic rings. The number of ether oxygens (including phenoxy) is 1. The summed E-state index contributed by atoms with van der Waals surface area (Å²) in [5, 5.41) is 17.8. The van der Waals surface area contributed by atoms with Crippen molar-refractivity contribution < 1.29 is 19.4 Å². The van der Waals surface area contributed by atoms with Crippen LogP contribution in [0.15, 0.2) is 85.2 Å². The van der Waals surface area contributed by atoms with Crippen LogP contribution < -0.4 is 15.4 Å². The molecule has 0 unspecified atom stereocenters. The topological polar surface area (TPSA) is 107 Å². The van der Waals surface area contributed by atoms with Crippen molar-refractivity contribution in [2.75, 3.05) is 37.4 Å². The molecule has 224 valence electrons. The van der Waals surface area contributed by atoms with Gasteiger partial charge in [-0.1, -0.05) is 43.3 Å². The molecule has 9 heteroatoms. The molecule has 3 N–H and O–H groups in total. The second-order valence-corrected chi connectivity index (χ2v) is 11.4.